The molecule has 0 saturated heterocycles. The Kier molecular flexibility index (Phi) is 4.40. The first-order chi connectivity index (χ1) is 9.70. The smallest absolute Gasteiger partial charge is 0.262 e. The van der Waals surface area contributed by atoms with Gasteiger partial charge in [-0.15, -0.1) is 0 Å². The fourth-order valence-corrected chi connectivity index (χ4v) is 3.40. The quantitative estimate of drug-likeness (QED) is 0.775. The van der Waals surface area contributed by atoms with E-state index in [1.807, 2.05) is 4.72 Å². The standard InChI is InChI=1S/C12H8BrClF2N2O2S/c13-8-3-6(15)4-10(16)12(8)18-21(19,20)7-1-2-9(14)11(17)5-7/h1-5,18H,17H2. The Balaban J connectivity index is 2.44. The second kappa shape index (κ2) is 5.78. The molecule has 0 aromatic heterocycles. The Morgan fingerprint density at radius 3 is 2.43 bits per heavy atom. The molecule has 21 heavy (non-hydrogen) atoms. The molecule has 0 aliphatic heterocycles. The summed E-state index contributed by atoms with van der Waals surface area (Å²) in [5.41, 5.74) is 5.20. The molecule has 0 aliphatic carbocycles. The summed E-state index contributed by atoms with van der Waals surface area (Å²) in [5, 5.41) is 0.197. The van der Waals surface area contributed by atoms with Crippen molar-refractivity contribution in [2.24, 2.45) is 0 Å². The zero-order valence-electron chi connectivity index (χ0n) is 10.2. The first-order valence-electron chi connectivity index (χ1n) is 5.43. The minimum absolute atomic E-state index is 0.0643. The number of nitrogens with one attached hydrogen (secondary N) is 1. The number of hydrogen-bond acceptors (Lipinski definition) is 3. The van der Waals surface area contributed by atoms with Crippen LogP contribution in [0.25, 0.3) is 0 Å². The van der Waals surface area contributed by atoms with Gasteiger partial charge in [-0.1, -0.05) is 11.6 Å². The zero-order chi connectivity index (χ0) is 15.8. The Bertz CT molecular complexity index is 792. The number of nitrogens with two attached hydrogens (primary N) is 1. The van der Waals surface area contributed by atoms with Gasteiger partial charge in [0.2, 0.25) is 0 Å². The van der Waals surface area contributed by atoms with Crippen LogP contribution in [0.3, 0.4) is 0 Å². The lowest BCUT2D eigenvalue weighted by atomic mass is 10.3. The van der Waals surface area contributed by atoms with E-state index in [9.17, 15) is 17.2 Å². The lowest BCUT2D eigenvalue weighted by Crippen LogP contribution is -2.15. The third-order valence-electron chi connectivity index (χ3n) is 2.52. The predicted octanol–water partition coefficient (Wildman–Crippen LogP) is 3.76. The highest BCUT2D eigenvalue weighted by molar-refractivity contribution is 9.10. The normalized spacial score (nSPS) is 11.4. The molecule has 0 heterocycles. The summed E-state index contributed by atoms with van der Waals surface area (Å²) in [7, 11) is -4.09. The highest BCUT2D eigenvalue weighted by Gasteiger charge is 2.20. The van der Waals surface area contributed by atoms with Crippen LogP contribution in [0.1, 0.15) is 0 Å². The largest absolute Gasteiger partial charge is 0.397 e. The molecule has 2 aromatic rings. The maximum atomic E-state index is 13.7. The third-order valence-corrected chi connectivity index (χ3v) is 4.84. The molecule has 9 heteroatoms. The maximum Gasteiger partial charge on any atom is 0.262 e. The number of anilines is 2. The van der Waals surface area contributed by atoms with E-state index < -0.39 is 27.3 Å². The second-order valence-corrected chi connectivity index (χ2v) is 6.98. The van der Waals surface area contributed by atoms with E-state index >= 15 is 0 Å². The second-order valence-electron chi connectivity index (χ2n) is 4.03. The van der Waals surface area contributed by atoms with E-state index in [2.05, 4.69) is 15.9 Å². The summed E-state index contributed by atoms with van der Waals surface area (Å²) in [6.07, 6.45) is 0. The van der Waals surface area contributed by atoms with Crippen molar-refractivity contribution < 1.29 is 17.2 Å². The molecule has 2 rings (SSSR count). The van der Waals surface area contributed by atoms with Gasteiger partial charge in [0.25, 0.3) is 10.0 Å². The maximum absolute atomic E-state index is 13.7. The van der Waals surface area contributed by atoms with Crippen molar-refractivity contribution in [1.82, 2.24) is 0 Å². The van der Waals surface area contributed by atoms with Crippen LogP contribution in [0.2, 0.25) is 5.02 Å². The summed E-state index contributed by atoms with van der Waals surface area (Å²) in [6.45, 7) is 0. The molecular formula is C12H8BrClF2N2O2S. The molecule has 0 atom stereocenters. The van der Waals surface area contributed by atoms with Crippen molar-refractivity contribution in [3.63, 3.8) is 0 Å². The van der Waals surface area contributed by atoms with Gasteiger partial charge in [-0.25, -0.2) is 17.2 Å². The van der Waals surface area contributed by atoms with Crippen LogP contribution >= 0.6 is 27.5 Å². The molecule has 0 radical (unpaired) electrons. The molecule has 112 valence electrons. The first kappa shape index (κ1) is 16.0. The molecule has 0 spiro atoms. The van der Waals surface area contributed by atoms with Crippen molar-refractivity contribution in [2.45, 2.75) is 4.90 Å². The average molecular weight is 398 g/mol. The minimum atomic E-state index is -4.09. The first-order valence-corrected chi connectivity index (χ1v) is 8.08. The van der Waals surface area contributed by atoms with E-state index in [-0.39, 0.29) is 20.1 Å². The molecular weight excluding hydrogens is 390 g/mol. The summed E-state index contributed by atoms with van der Waals surface area (Å²) in [6, 6.07) is 5.17. The highest BCUT2D eigenvalue weighted by atomic mass is 79.9. The van der Waals surface area contributed by atoms with E-state index in [1.54, 1.807) is 0 Å². The number of benzene rings is 2. The van der Waals surface area contributed by atoms with Crippen LogP contribution in [0, 0.1) is 11.6 Å². The predicted molar refractivity (Wildman–Crippen MR) is 80.7 cm³/mol. The molecule has 2 aromatic carbocycles. The van der Waals surface area contributed by atoms with Crippen LogP contribution in [-0.4, -0.2) is 8.42 Å². The van der Waals surface area contributed by atoms with Crippen LogP contribution < -0.4 is 10.5 Å². The molecule has 0 saturated carbocycles. The minimum Gasteiger partial charge on any atom is -0.397 e. The van der Waals surface area contributed by atoms with Crippen molar-refractivity contribution in [3.05, 3.63) is 51.5 Å². The lowest BCUT2D eigenvalue weighted by Gasteiger charge is -2.11. The van der Waals surface area contributed by atoms with Gasteiger partial charge in [0.05, 0.1) is 21.3 Å². The topological polar surface area (TPSA) is 72.2 Å². The van der Waals surface area contributed by atoms with Crippen molar-refractivity contribution >= 4 is 48.9 Å². The van der Waals surface area contributed by atoms with Crippen molar-refractivity contribution in [2.75, 3.05) is 10.5 Å². The number of nitrogen functional groups attached to an aromatic ring is 1. The molecule has 0 aliphatic rings. The van der Waals surface area contributed by atoms with Crippen LogP contribution in [0.15, 0.2) is 39.7 Å². The van der Waals surface area contributed by atoms with Crippen molar-refractivity contribution in [3.8, 4) is 0 Å². The average Bonchev–Trinajstić information content (AvgIpc) is 2.37. The van der Waals surface area contributed by atoms with Gasteiger partial charge in [-0.05, 0) is 40.2 Å². The third kappa shape index (κ3) is 3.45. The van der Waals surface area contributed by atoms with E-state index in [1.165, 1.54) is 12.1 Å². The van der Waals surface area contributed by atoms with Crippen LogP contribution in [-0.2, 0) is 10.0 Å². The summed E-state index contributed by atoms with van der Waals surface area (Å²) in [5.74, 6) is -1.88. The lowest BCUT2D eigenvalue weighted by molar-refractivity contribution is 0.581. The molecule has 0 unspecified atom stereocenters. The summed E-state index contributed by atoms with van der Waals surface area (Å²) in [4.78, 5) is -0.194. The summed E-state index contributed by atoms with van der Waals surface area (Å²) >= 11 is 8.61. The van der Waals surface area contributed by atoms with Gasteiger partial charge in [0.1, 0.15) is 5.82 Å². The Labute approximate surface area is 133 Å². The Morgan fingerprint density at radius 2 is 1.86 bits per heavy atom. The fraction of sp³-hybridized carbons (Fsp3) is 0. The Morgan fingerprint density at radius 1 is 1.19 bits per heavy atom. The van der Waals surface area contributed by atoms with Gasteiger partial charge < -0.3 is 5.73 Å². The summed E-state index contributed by atoms with van der Waals surface area (Å²) < 4.78 is 52.9. The van der Waals surface area contributed by atoms with Crippen LogP contribution in [0.4, 0.5) is 20.2 Å². The molecule has 0 fully saturated rings. The van der Waals surface area contributed by atoms with Crippen LogP contribution in [0.5, 0.6) is 0 Å². The molecule has 0 amide bonds. The zero-order valence-corrected chi connectivity index (χ0v) is 13.4. The monoisotopic (exact) mass is 396 g/mol. The number of rotatable bonds is 3. The Hall–Kier alpha value is -1.38. The van der Waals surface area contributed by atoms with Gasteiger partial charge in [-0.2, -0.15) is 0 Å². The molecule has 4 nitrogen and oxygen atoms in total. The molecule has 0 bridgehead atoms. The number of sulfonamides is 1. The van der Waals surface area contributed by atoms with Gasteiger partial charge in [-0.3, -0.25) is 4.72 Å². The SMILES string of the molecule is Nc1cc(S(=O)(=O)Nc2c(F)cc(F)cc2Br)ccc1Cl. The van der Waals surface area contributed by atoms with Gasteiger partial charge in [0.15, 0.2) is 5.82 Å². The van der Waals surface area contributed by atoms with E-state index in [0.29, 0.717) is 6.07 Å². The van der Waals surface area contributed by atoms with Gasteiger partial charge in [0, 0.05) is 10.5 Å². The highest BCUT2D eigenvalue weighted by Crippen LogP contribution is 2.30. The fourth-order valence-electron chi connectivity index (χ4n) is 1.52. The molecule has 3 N–H and O–H groups in total. The van der Waals surface area contributed by atoms with Gasteiger partial charge >= 0.3 is 0 Å². The van der Waals surface area contributed by atoms with Crippen molar-refractivity contribution in [1.29, 1.82) is 0 Å². The van der Waals surface area contributed by atoms with E-state index in [4.69, 9.17) is 17.3 Å². The van der Waals surface area contributed by atoms with E-state index in [0.717, 1.165) is 12.1 Å². The number of hydrogen-bond donors (Lipinski definition) is 2. The number of halogens is 4.